The van der Waals surface area contributed by atoms with E-state index in [2.05, 4.69) is 104 Å². The quantitative estimate of drug-likeness (QED) is 0.286. The predicted octanol–water partition coefficient (Wildman–Crippen LogP) is 7.11. The Morgan fingerprint density at radius 2 is 1.37 bits per heavy atom. The number of aromatic nitrogens is 4. The smallest absolute Gasteiger partial charge is 0.137 e. The Hall–Kier alpha value is -4.70. The van der Waals surface area contributed by atoms with Crippen LogP contribution in [0.2, 0.25) is 0 Å². The lowest BCUT2D eigenvalue weighted by molar-refractivity contribution is 1.07. The largest absolute Gasteiger partial charge is 0.299 e. The number of fused-ring (bicyclic) bond motifs is 4. The molecule has 0 radical (unpaired) electrons. The van der Waals surface area contributed by atoms with Gasteiger partial charge < -0.3 is 0 Å². The van der Waals surface area contributed by atoms with Gasteiger partial charge in [0.2, 0.25) is 0 Å². The molecule has 35 heavy (non-hydrogen) atoms. The van der Waals surface area contributed by atoms with Crippen molar-refractivity contribution in [3.8, 4) is 11.5 Å². The first-order chi connectivity index (χ1) is 17.3. The topological polar surface area (TPSA) is 35.6 Å². The number of nitrogens with zero attached hydrogens (tertiary/aromatic N) is 4. The summed E-state index contributed by atoms with van der Waals surface area (Å²) in [7, 11) is 0. The van der Waals surface area contributed by atoms with E-state index in [4.69, 9.17) is 0 Å². The van der Waals surface area contributed by atoms with E-state index in [1.165, 1.54) is 32.9 Å². The van der Waals surface area contributed by atoms with Crippen molar-refractivity contribution in [2.45, 2.75) is 6.42 Å². The summed E-state index contributed by atoms with van der Waals surface area (Å²) in [5, 5.41) is 2.49. The van der Waals surface area contributed by atoms with Crippen LogP contribution in [0.25, 0.3) is 44.3 Å². The van der Waals surface area contributed by atoms with Crippen molar-refractivity contribution in [1.82, 2.24) is 19.1 Å². The molecule has 0 aliphatic rings. The Kier molecular flexibility index (Phi) is 4.49. The van der Waals surface area contributed by atoms with E-state index < -0.39 is 0 Å². The van der Waals surface area contributed by atoms with Crippen molar-refractivity contribution in [2.75, 3.05) is 0 Å². The van der Waals surface area contributed by atoms with E-state index >= 15 is 0 Å². The molecule has 0 unspecified atom stereocenters. The van der Waals surface area contributed by atoms with Crippen LogP contribution in [0.3, 0.4) is 0 Å². The Bertz CT molecular complexity index is 1830. The second-order valence-electron chi connectivity index (χ2n) is 8.84. The molecule has 0 spiro atoms. The molecule has 0 bridgehead atoms. The third-order valence-corrected chi connectivity index (χ3v) is 6.67. The summed E-state index contributed by atoms with van der Waals surface area (Å²) < 4.78 is 4.42. The third-order valence-electron chi connectivity index (χ3n) is 6.67. The monoisotopic (exact) mass is 450 g/mol. The van der Waals surface area contributed by atoms with Crippen LogP contribution in [0.4, 0.5) is 0 Å². The lowest BCUT2D eigenvalue weighted by Gasteiger charge is -2.09. The van der Waals surface area contributed by atoms with Crippen molar-refractivity contribution in [3.63, 3.8) is 0 Å². The Balaban J connectivity index is 1.32. The standard InChI is InChI=1S/C31H22N4/c1-3-12-28-25(10-1)26-16-15-23(20-30(26)35(28)31-14-5-6-17-32-31)18-22-8-7-9-24(19-22)34-21-33-27-11-2-4-13-29(27)34/h1-17,19-21H,18H2. The minimum Gasteiger partial charge on any atom is -0.299 e. The van der Waals surface area contributed by atoms with E-state index in [-0.39, 0.29) is 0 Å². The highest BCUT2D eigenvalue weighted by Crippen LogP contribution is 2.32. The lowest BCUT2D eigenvalue weighted by atomic mass is 10.0. The average molecular weight is 451 g/mol. The van der Waals surface area contributed by atoms with Crippen molar-refractivity contribution in [2.24, 2.45) is 0 Å². The van der Waals surface area contributed by atoms with Crippen molar-refractivity contribution < 1.29 is 0 Å². The maximum Gasteiger partial charge on any atom is 0.137 e. The molecule has 0 fully saturated rings. The molecule has 0 saturated heterocycles. The predicted molar refractivity (Wildman–Crippen MR) is 142 cm³/mol. The summed E-state index contributed by atoms with van der Waals surface area (Å²) in [6.07, 6.45) is 4.60. The van der Waals surface area contributed by atoms with Crippen LogP contribution in [0.5, 0.6) is 0 Å². The number of rotatable bonds is 4. The zero-order valence-corrected chi connectivity index (χ0v) is 19.0. The van der Waals surface area contributed by atoms with Gasteiger partial charge in [-0.2, -0.15) is 0 Å². The van der Waals surface area contributed by atoms with Crippen LogP contribution < -0.4 is 0 Å². The van der Waals surface area contributed by atoms with Crippen LogP contribution in [0, 0.1) is 0 Å². The first-order valence-electron chi connectivity index (χ1n) is 11.8. The van der Waals surface area contributed by atoms with Gasteiger partial charge >= 0.3 is 0 Å². The third kappa shape index (κ3) is 3.30. The fourth-order valence-electron chi connectivity index (χ4n) is 5.08. The van der Waals surface area contributed by atoms with Gasteiger partial charge in [-0.15, -0.1) is 0 Å². The SMILES string of the molecule is c1ccc(-n2c3ccccc3c3ccc(Cc4cccc(-n5cnc6ccccc65)c4)cc32)nc1. The number of imidazole rings is 1. The van der Waals surface area contributed by atoms with E-state index in [9.17, 15) is 0 Å². The summed E-state index contributed by atoms with van der Waals surface area (Å²) in [5.41, 5.74) is 8.13. The van der Waals surface area contributed by atoms with E-state index in [1.54, 1.807) is 0 Å². The number of hydrogen-bond acceptors (Lipinski definition) is 2. The molecule has 0 atom stereocenters. The normalized spacial score (nSPS) is 11.5. The number of pyridine rings is 1. The van der Waals surface area contributed by atoms with E-state index in [1.807, 2.05) is 36.8 Å². The zero-order valence-electron chi connectivity index (χ0n) is 19.0. The first-order valence-corrected chi connectivity index (χ1v) is 11.8. The fraction of sp³-hybridized carbons (Fsp3) is 0.0323. The van der Waals surface area contributed by atoms with Gasteiger partial charge in [0.25, 0.3) is 0 Å². The van der Waals surface area contributed by atoms with Gasteiger partial charge in [-0.05, 0) is 66.1 Å². The number of benzene rings is 4. The van der Waals surface area contributed by atoms with Crippen LogP contribution in [-0.2, 0) is 6.42 Å². The molecular formula is C31H22N4. The molecule has 4 heteroatoms. The molecule has 3 heterocycles. The molecule has 0 N–H and O–H groups in total. The minimum absolute atomic E-state index is 0.847. The Labute approximate surface area is 202 Å². The molecular weight excluding hydrogens is 428 g/mol. The second kappa shape index (κ2) is 7.96. The fourth-order valence-corrected chi connectivity index (χ4v) is 5.08. The number of hydrogen-bond donors (Lipinski definition) is 0. The first kappa shape index (κ1) is 19.7. The average Bonchev–Trinajstić information content (AvgIpc) is 3.48. The molecule has 166 valence electrons. The molecule has 4 aromatic carbocycles. The van der Waals surface area contributed by atoms with Gasteiger partial charge in [0.05, 0.1) is 22.1 Å². The zero-order chi connectivity index (χ0) is 23.2. The van der Waals surface area contributed by atoms with Crippen molar-refractivity contribution in [1.29, 1.82) is 0 Å². The maximum absolute atomic E-state index is 4.65. The highest BCUT2D eigenvalue weighted by Gasteiger charge is 2.13. The molecule has 3 aromatic heterocycles. The number of para-hydroxylation sites is 3. The Morgan fingerprint density at radius 3 is 2.29 bits per heavy atom. The summed E-state index contributed by atoms with van der Waals surface area (Å²) in [4.78, 5) is 9.21. The Morgan fingerprint density at radius 1 is 0.571 bits per heavy atom. The molecule has 7 rings (SSSR count). The van der Waals surface area contributed by atoms with Crippen LogP contribution in [-0.4, -0.2) is 19.1 Å². The van der Waals surface area contributed by atoms with Gasteiger partial charge in [0, 0.05) is 22.7 Å². The highest BCUT2D eigenvalue weighted by atomic mass is 15.1. The highest BCUT2D eigenvalue weighted by molar-refractivity contribution is 6.09. The van der Waals surface area contributed by atoms with Crippen LogP contribution in [0.1, 0.15) is 11.1 Å². The van der Waals surface area contributed by atoms with Gasteiger partial charge in [-0.3, -0.25) is 9.13 Å². The second-order valence-corrected chi connectivity index (χ2v) is 8.84. The molecule has 4 nitrogen and oxygen atoms in total. The van der Waals surface area contributed by atoms with Crippen LogP contribution >= 0.6 is 0 Å². The van der Waals surface area contributed by atoms with E-state index in [0.29, 0.717) is 0 Å². The molecule has 0 amide bonds. The van der Waals surface area contributed by atoms with Crippen molar-refractivity contribution in [3.05, 3.63) is 133 Å². The maximum atomic E-state index is 4.65. The summed E-state index contributed by atoms with van der Waals surface area (Å²) >= 11 is 0. The lowest BCUT2D eigenvalue weighted by Crippen LogP contribution is -1.97. The van der Waals surface area contributed by atoms with Crippen LogP contribution in [0.15, 0.2) is 122 Å². The van der Waals surface area contributed by atoms with Gasteiger partial charge in [0.15, 0.2) is 0 Å². The molecule has 0 aliphatic heterocycles. The van der Waals surface area contributed by atoms with Gasteiger partial charge in [-0.1, -0.05) is 60.7 Å². The van der Waals surface area contributed by atoms with Crippen molar-refractivity contribution >= 4 is 32.8 Å². The van der Waals surface area contributed by atoms with E-state index in [0.717, 1.165) is 29.0 Å². The molecule has 0 aliphatic carbocycles. The van der Waals surface area contributed by atoms with Gasteiger partial charge in [0.1, 0.15) is 12.1 Å². The summed E-state index contributed by atoms with van der Waals surface area (Å²) in [5.74, 6) is 0.935. The van der Waals surface area contributed by atoms with Gasteiger partial charge in [-0.25, -0.2) is 9.97 Å². The molecule has 7 aromatic rings. The molecule has 0 saturated carbocycles. The summed E-state index contributed by atoms with van der Waals surface area (Å²) in [6, 6.07) is 38.4. The summed E-state index contributed by atoms with van der Waals surface area (Å²) in [6.45, 7) is 0. The minimum atomic E-state index is 0.847.